The van der Waals surface area contributed by atoms with E-state index in [1.165, 1.54) is 238 Å². The Bertz CT molecular complexity index is 1210. The van der Waals surface area contributed by atoms with Crippen LogP contribution in [0.2, 0.25) is 0 Å². The van der Waals surface area contributed by atoms with Crippen LogP contribution in [0, 0.1) is 0 Å². The van der Waals surface area contributed by atoms with Gasteiger partial charge in [-0.2, -0.15) is 0 Å². The first kappa shape index (κ1) is 69.6. The molecule has 0 rings (SSSR count). The van der Waals surface area contributed by atoms with Crippen molar-refractivity contribution < 1.29 is 28.6 Å². The number of ether oxygens (including phenoxy) is 3. The Labute approximate surface area is 448 Å². The van der Waals surface area contributed by atoms with E-state index in [-0.39, 0.29) is 31.1 Å². The molecule has 72 heavy (non-hydrogen) atoms. The normalized spacial score (nSPS) is 12.2. The molecule has 0 saturated heterocycles. The van der Waals surface area contributed by atoms with Crippen LogP contribution in [-0.2, 0) is 28.6 Å². The number of esters is 3. The molecule has 0 N–H and O–H groups in total. The lowest BCUT2D eigenvalue weighted by atomic mass is 10.0. The fourth-order valence-corrected chi connectivity index (χ4v) is 9.49. The average molecular weight is 1010 g/mol. The average Bonchev–Trinajstić information content (AvgIpc) is 3.38. The van der Waals surface area contributed by atoms with Crippen molar-refractivity contribution in [3.05, 3.63) is 36.5 Å². The Kier molecular flexibility index (Phi) is 59.2. The van der Waals surface area contributed by atoms with Gasteiger partial charge < -0.3 is 14.2 Å². The van der Waals surface area contributed by atoms with Gasteiger partial charge in [0, 0.05) is 19.3 Å². The predicted molar refractivity (Wildman–Crippen MR) is 312 cm³/mol. The first-order chi connectivity index (χ1) is 35.5. The summed E-state index contributed by atoms with van der Waals surface area (Å²) in [5.41, 5.74) is 0. The van der Waals surface area contributed by atoms with E-state index in [4.69, 9.17) is 14.2 Å². The highest BCUT2D eigenvalue weighted by Gasteiger charge is 2.19. The lowest BCUT2D eigenvalue weighted by Crippen LogP contribution is -2.30. The summed E-state index contributed by atoms with van der Waals surface area (Å²) >= 11 is 0. The summed E-state index contributed by atoms with van der Waals surface area (Å²) in [6.07, 6.45) is 74.6. The quantitative estimate of drug-likeness (QED) is 0.0261. The zero-order chi connectivity index (χ0) is 52.2. The summed E-state index contributed by atoms with van der Waals surface area (Å²) in [5, 5.41) is 0. The molecule has 0 aromatic rings. The molecule has 0 aromatic carbocycles. The van der Waals surface area contributed by atoms with Crippen molar-refractivity contribution in [2.45, 2.75) is 354 Å². The van der Waals surface area contributed by atoms with Crippen molar-refractivity contribution in [2.75, 3.05) is 13.2 Å². The molecule has 0 radical (unpaired) electrons. The first-order valence-corrected chi connectivity index (χ1v) is 32.0. The number of hydrogen-bond acceptors (Lipinski definition) is 6. The van der Waals surface area contributed by atoms with E-state index in [2.05, 4.69) is 57.2 Å². The molecule has 0 aliphatic carbocycles. The maximum absolute atomic E-state index is 12.8. The smallest absolute Gasteiger partial charge is 0.306 e. The minimum Gasteiger partial charge on any atom is -0.462 e. The second-order valence-corrected chi connectivity index (χ2v) is 21.7. The van der Waals surface area contributed by atoms with Crippen LogP contribution in [0.3, 0.4) is 0 Å². The van der Waals surface area contributed by atoms with Gasteiger partial charge in [-0.05, 0) is 96.3 Å². The van der Waals surface area contributed by atoms with Crippen LogP contribution in [-0.4, -0.2) is 37.2 Å². The molecular formula is C66H122O6. The van der Waals surface area contributed by atoms with Crippen molar-refractivity contribution in [3.63, 3.8) is 0 Å². The molecule has 6 heteroatoms. The SMILES string of the molecule is CCCCC/C=C\CCCCCCCC(=O)OCC(COC(=O)CCCCCCCCCCCCCCCCCCC/C=C\CCCCCCCCCC)OC(=O)CCCCCCC/C=C\CCCCCC. The van der Waals surface area contributed by atoms with Crippen molar-refractivity contribution in [3.8, 4) is 0 Å². The van der Waals surface area contributed by atoms with Gasteiger partial charge in [0.15, 0.2) is 6.10 Å². The Morgan fingerprint density at radius 1 is 0.264 bits per heavy atom. The van der Waals surface area contributed by atoms with Crippen LogP contribution in [0.1, 0.15) is 348 Å². The summed E-state index contributed by atoms with van der Waals surface area (Å²) in [6, 6.07) is 0. The van der Waals surface area contributed by atoms with Crippen LogP contribution in [0.25, 0.3) is 0 Å². The summed E-state index contributed by atoms with van der Waals surface area (Å²) in [7, 11) is 0. The van der Waals surface area contributed by atoms with Crippen molar-refractivity contribution in [2.24, 2.45) is 0 Å². The van der Waals surface area contributed by atoms with Gasteiger partial charge in [-0.3, -0.25) is 14.4 Å². The Hall–Kier alpha value is -2.37. The molecule has 0 heterocycles. The van der Waals surface area contributed by atoms with Gasteiger partial charge in [0.05, 0.1) is 0 Å². The molecule has 0 spiro atoms. The van der Waals surface area contributed by atoms with Crippen LogP contribution in [0.5, 0.6) is 0 Å². The van der Waals surface area contributed by atoms with Crippen LogP contribution in [0.4, 0.5) is 0 Å². The van der Waals surface area contributed by atoms with Gasteiger partial charge in [-0.15, -0.1) is 0 Å². The van der Waals surface area contributed by atoms with Gasteiger partial charge in [0.2, 0.25) is 0 Å². The number of allylic oxidation sites excluding steroid dienone is 6. The number of rotatable bonds is 59. The largest absolute Gasteiger partial charge is 0.462 e. The third-order valence-corrected chi connectivity index (χ3v) is 14.3. The molecule has 1 atom stereocenters. The molecule has 0 saturated carbocycles. The number of unbranched alkanes of at least 4 members (excludes halogenated alkanes) is 42. The van der Waals surface area contributed by atoms with Crippen molar-refractivity contribution in [1.29, 1.82) is 0 Å². The lowest BCUT2D eigenvalue weighted by Gasteiger charge is -2.18. The molecule has 6 nitrogen and oxygen atoms in total. The molecule has 422 valence electrons. The van der Waals surface area contributed by atoms with E-state index >= 15 is 0 Å². The Morgan fingerprint density at radius 3 is 0.736 bits per heavy atom. The van der Waals surface area contributed by atoms with E-state index in [9.17, 15) is 14.4 Å². The summed E-state index contributed by atoms with van der Waals surface area (Å²) < 4.78 is 16.9. The first-order valence-electron chi connectivity index (χ1n) is 32.0. The van der Waals surface area contributed by atoms with Gasteiger partial charge in [-0.1, -0.05) is 269 Å². The topological polar surface area (TPSA) is 78.9 Å². The van der Waals surface area contributed by atoms with Crippen LogP contribution in [0.15, 0.2) is 36.5 Å². The summed E-state index contributed by atoms with van der Waals surface area (Å²) in [5.74, 6) is -0.875. The van der Waals surface area contributed by atoms with E-state index in [1.807, 2.05) is 0 Å². The third-order valence-electron chi connectivity index (χ3n) is 14.3. The highest BCUT2D eigenvalue weighted by atomic mass is 16.6. The van der Waals surface area contributed by atoms with Crippen molar-refractivity contribution >= 4 is 17.9 Å². The van der Waals surface area contributed by atoms with E-state index in [1.54, 1.807) is 0 Å². The van der Waals surface area contributed by atoms with E-state index in [0.717, 1.165) is 70.6 Å². The molecule has 0 bridgehead atoms. The minimum atomic E-state index is -0.777. The van der Waals surface area contributed by atoms with Gasteiger partial charge >= 0.3 is 17.9 Å². The monoisotopic (exact) mass is 1010 g/mol. The zero-order valence-corrected chi connectivity index (χ0v) is 48.5. The lowest BCUT2D eigenvalue weighted by molar-refractivity contribution is -0.167. The Balaban J connectivity index is 4.12. The highest BCUT2D eigenvalue weighted by molar-refractivity contribution is 5.71. The standard InChI is InChI=1S/C66H122O6/c1-4-7-10-13-16-19-22-25-26-27-28-29-30-31-32-33-34-35-36-37-38-39-40-42-44-47-50-53-56-59-65(68)71-62-63(61-70-64(67)58-55-52-49-46-43-24-21-18-15-12-9-6-3)72-66(69)60-57-54-51-48-45-41-23-20-17-14-11-8-5-2/h18,20-21,23,27-28,63H,4-17,19,22,24-26,29-62H2,1-3H3/b21-18-,23-20-,28-27-. The molecule has 0 fully saturated rings. The highest BCUT2D eigenvalue weighted by Crippen LogP contribution is 2.17. The molecule has 0 aliphatic heterocycles. The molecule has 0 aromatic heterocycles. The van der Waals surface area contributed by atoms with Gasteiger partial charge in [0.25, 0.3) is 0 Å². The fraction of sp³-hybridized carbons (Fsp3) is 0.864. The van der Waals surface area contributed by atoms with E-state index < -0.39 is 6.10 Å². The minimum absolute atomic E-state index is 0.0746. The Morgan fingerprint density at radius 2 is 0.458 bits per heavy atom. The predicted octanol–water partition coefficient (Wildman–Crippen LogP) is 21.6. The van der Waals surface area contributed by atoms with Gasteiger partial charge in [0.1, 0.15) is 13.2 Å². The van der Waals surface area contributed by atoms with Crippen LogP contribution >= 0.6 is 0 Å². The summed E-state index contributed by atoms with van der Waals surface area (Å²) in [6.45, 7) is 6.63. The van der Waals surface area contributed by atoms with Crippen LogP contribution < -0.4 is 0 Å². The molecule has 0 amide bonds. The molecule has 1 unspecified atom stereocenters. The van der Waals surface area contributed by atoms with Gasteiger partial charge in [-0.25, -0.2) is 0 Å². The van der Waals surface area contributed by atoms with E-state index in [0.29, 0.717) is 19.3 Å². The van der Waals surface area contributed by atoms with Crippen molar-refractivity contribution in [1.82, 2.24) is 0 Å². The maximum Gasteiger partial charge on any atom is 0.306 e. The maximum atomic E-state index is 12.8. The molecular weight excluding hydrogens is 889 g/mol. The number of carbonyl (C=O) groups is 3. The molecule has 0 aliphatic rings. The fourth-order valence-electron chi connectivity index (χ4n) is 9.49. The third kappa shape index (κ3) is 58.5. The zero-order valence-electron chi connectivity index (χ0n) is 48.5. The summed E-state index contributed by atoms with van der Waals surface area (Å²) in [4.78, 5) is 38.1. The number of hydrogen-bond donors (Lipinski definition) is 0. The number of carbonyl (C=O) groups excluding carboxylic acids is 3. The second-order valence-electron chi connectivity index (χ2n) is 21.7. The second kappa shape index (κ2) is 61.2.